The second-order valence-corrected chi connectivity index (χ2v) is 5.90. The van der Waals surface area contributed by atoms with Crippen LogP contribution in [0.2, 0.25) is 5.02 Å². The summed E-state index contributed by atoms with van der Waals surface area (Å²) in [5.41, 5.74) is 2.05. The van der Waals surface area contributed by atoms with E-state index in [1.165, 1.54) is 19.3 Å². The van der Waals surface area contributed by atoms with Crippen LogP contribution in [0.5, 0.6) is 0 Å². The van der Waals surface area contributed by atoms with Crippen LogP contribution in [0.4, 0.5) is 5.69 Å². The molecule has 1 aliphatic heterocycles. The van der Waals surface area contributed by atoms with E-state index >= 15 is 0 Å². The van der Waals surface area contributed by atoms with Crippen LogP contribution in [0, 0.1) is 6.92 Å². The van der Waals surface area contributed by atoms with E-state index in [0.717, 1.165) is 42.2 Å². The van der Waals surface area contributed by atoms with Gasteiger partial charge in [0.15, 0.2) is 0 Å². The number of rotatable bonds is 3. The molecule has 1 aromatic carbocycles. The Morgan fingerprint density at radius 1 is 1.20 bits per heavy atom. The summed E-state index contributed by atoms with van der Waals surface area (Å²) >= 11 is 5.93. The highest BCUT2D eigenvalue weighted by atomic mass is 35.5. The van der Waals surface area contributed by atoms with Gasteiger partial charge in [-0.2, -0.15) is 0 Å². The lowest BCUT2D eigenvalue weighted by atomic mass is 10.1. The van der Waals surface area contributed by atoms with Crippen molar-refractivity contribution in [3.05, 3.63) is 28.8 Å². The number of hydrogen-bond donors (Lipinski definition) is 1. The van der Waals surface area contributed by atoms with E-state index in [1.54, 1.807) is 0 Å². The number of carbonyl (C=O) groups is 1. The summed E-state index contributed by atoms with van der Waals surface area (Å²) in [4.78, 5) is 14.2. The highest BCUT2D eigenvalue weighted by molar-refractivity contribution is 6.30. The number of nitrogens with one attached hydrogen (secondary N) is 1. The standard InChI is InChI=1S/C16H23ClN2O/c1-13-11-14(17)7-8-15(13)18-12-16(20)19-9-5-3-2-4-6-10-19/h7-8,11,18H,2-6,9-10,12H2,1H3. The first-order chi connectivity index (χ1) is 9.66. The molecule has 2 rings (SSSR count). The Bertz CT molecular complexity index is 454. The number of hydrogen-bond acceptors (Lipinski definition) is 2. The van der Waals surface area contributed by atoms with Gasteiger partial charge in [-0.25, -0.2) is 0 Å². The van der Waals surface area contributed by atoms with Crippen molar-refractivity contribution in [3.8, 4) is 0 Å². The molecule has 0 unspecified atom stereocenters. The molecule has 0 spiro atoms. The van der Waals surface area contributed by atoms with Crippen LogP contribution < -0.4 is 5.32 Å². The molecule has 0 aromatic heterocycles. The third kappa shape index (κ3) is 4.41. The summed E-state index contributed by atoms with van der Waals surface area (Å²) in [7, 11) is 0. The minimum absolute atomic E-state index is 0.196. The third-order valence-corrected chi connectivity index (χ3v) is 4.06. The molecule has 1 amide bonds. The maximum absolute atomic E-state index is 12.3. The molecule has 1 fully saturated rings. The SMILES string of the molecule is Cc1cc(Cl)ccc1NCC(=O)N1CCCCCCC1. The Labute approximate surface area is 126 Å². The van der Waals surface area contributed by atoms with Crippen LogP contribution in [0.15, 0.2) is 18.2 Å². The van der Waals surface area contributed by atoms with E-state index in [4.69, 9.17) is 11.6 Å². The van der Waals surface area contributed by atoms with Gasteiger partial charge in [0.2, 0.25) is 5.91 Å². The molecule has 1 N–H and O–H groups in total. The lowest BCUT2D eigenvalue weighted by molar-refractivity contribution is -0.129. The van der Waals surface area contributed by atoms with Gasteiger partial charge in [-0.1, -0.05) is 30.9 Å². The molecule has 0 radical (unpaired) electrons. The fraction of sp³-hybridized carbons (Fsp3) is 0.562. The van der Waals surface area contributed by atoms with Gasteiger partial charge in [0.25, 0.3) is 0 Å². The number of halogens is 1. The third-order valence-electron chi connectivity index (χ3n) is 3.83. The van der Waals surface area contributed by atoms with E-state index in [-0.39, 0.29) is 5.91 Å². The molecular formula is C16H23ClN2O. The first-order valence-electron chi connectivity index (χ1n) is 7.44. The second-order valence-electron chi connectivity index (χ2n) is 5.46. The Balaban J connectivity index is 1.87. The summed E-state index contributed by atoms with van der Waals surface area (Å²) in [6.45, 7) is 4.16. The summed E-state index contributed by atoms with van der Waals surface area (Å²) in [6, 6.07) is 5.68. The molecule has 0 saturated carbocycles. The Kier molecular flexibility index (Phi) is 5.72. The fourth-order valence-corrected chi connectivity index (χ4v) is 2.83. The minimum Gasteiger partial charge on any atom is -0.376 e. The summed E-state index contributed by atoms with van der Waals surface area (Å²) in [6.07, 6.45) is 6.06. The van der Waals surface area contributed by atoms with E-state index in [9.17, 15) is 4.79 Å². The van der Waals surface area contributed by atoms with Gasteiger partial charge >= 0.3 is 0 Å². The van der Waals surface area contributed by atoms with Crippen LogP contribution >= 0.6 is 11.6 Å². The van der Waals surface area contributed by atoms with Crippen molar-refractivity contribution in [3.63, 3.8) is 0 Å². The molecule has 3 nitrogen and oxygen atoms in total. The lowest BCUT2D eigenvalue weighted by Gasteiger charge is -2.25. The summed E-state index contributed by atoms with van der Waals surface area (Å²) in [5, 5.41) is 3.95. The van der Waals surface area contributed by atoms with Gasteiger partial charge in [-0.05, 0) is 43.5 Å². The summed E-state index contributed by atoms with van der Waals surface area (Å²) in [5.74, 6) is 0.196. The maximum atomic E-state index is 12.3. The highest BCUT2D eigenvalue weighted by Crippen LogP contribution is 2.19. The van der Waals surface area contributed by atoms with Crippen LogP contribution in [-0.4, -0.2) is 30.4 Å². The predicted octanol–water partition coefficient (Wildman–Crippen LogP) is 3.85. The van der Waals surface area contributed by atoms with Crippen molar-refractivity contribution in [1.29, 1.82) is 0 Å². The van der Waals surface area contributed by atoms with Crippen molar-refractivity contribution in [1.82, 2.24) is 4.90 Å². The van der Waals surface area contributed by atoms with Crippen LogP contribution in [0.3, 0.4) is 0 Å². The molecule has 1 aliphatic rings. The minimum atomic E-state index is 0.196. The van der Waals surface area contributed by atoms with Gasteiger partial charge in [-0.3, -0.25) is 4.79 Å². The number of anilines is 1. The molecule has 1 saturated heterocycles. The molecule has 0 bridgehead atoms. The smallest absolute Gasteiger partial charge is 0.241 e. The number of carbonyl (C=O) groups excluding carboxylic acids is 1. The first-order valence-corrected chi connectivity index (χ1v) is 7.82. The lowest BCUT2D eigenvalue weighted by Crippen LogP contribution is -2.37. The van der Waals surface area contributed by atoms with Crippen molar-refractivity contribution >= 4 is 23.2 Å². The zero-order valence-electron chi connectivity index (χ0n) is 12.1. The molecule has 4 heteroatoms. The molecule has 0 atom stereocenters. The van der Waals surface area contributed by atoms with Gasteiger partial charge in [0, 0.05) is 23.8 Å². The number of nitrogens with zero attached hydrogens (tertiary/aromatic N) is 1. The quantitative estimate of drug-likeness (QED) is 0.918. The van der Waals surface area contributed by atoms with Crippen molar-refractivity contribution < 1.29 is 4.79 Å². The van der Waals surface area contributed by atoms with Crippen LogP contribution in [0.25, 0.3) is 0 Å². The van der Waals surface area contributed by atoms with Crippen molar-refractivity contribution in [2.45, 2.75) is 39.0 Å². The average Bonchev–Trinajstić information content (AvgIpc) is 2.37. The first kappa shape index (κ1) is 15.2. The van der Waals surface area contributed by atoms with Gasteiger partial charge in [-0.15, -0.1) is 0 Å². The normalized spacial score (nSPS) is 16.4. The molecule has 110 valence electrons. The Morgan fingerprint density at radius 2 is 1.85 bits per heavy atom. The number of aryl methyl sites for hydroxylation is 1. The Morgan fingerprint density at radius 3 is 2.50 bits per heavy atom. The highest BCUT2D eigenvalue weighted by Gasteiger charge is 2.14. The van der Waals surface area contributed by atoms with Gasteiger partial charge < -0.3 is 10.2 Å². The van der Waals surface area contributed by atoms with Crippen LogP contribution in [-0.2, 0) is 4.79 Å². The van der Waals surface area contributed by atoms with Crippen molar-refractivity contribution in [2.24, 2.45) is 0 Å². The number of likely N-dealkylation sites (tertiary alicyclic amines) is 1. The predicted molar refractivity (Wildman–Crippen MR) is 84.3 cm³/mol. The van der Waals surface area contributed by atoms with E-state index in [0.29, 0.717) is 6.54 Å². The largest absolute Gasteiger partial charge is 0.376 e. The average molecular weight is 295 g/mol. The maximum Gasteiger partial charge on any atom is 0.241 e. The van der Waals surface area contributed by atoms with Gasteiger partial charge in [0.1, 0.15) is 0 Å². The van der Waals surface area contributed by atoms with Crippen LogP contribution in [0.1, 0.15) is 37.7 Å². The second kappa shape index (κ2) is 7.53. The molecular weight excluding hydrogens is 272 g/mol. The zero-order valence-corrected chi connectivity index (χ0v) is 12.9. The van der Waals surface area contributed by atoms with Crippen molar-refractivity contribution in [2.75, 3.05) is 25.0 Å². The molecule has 1 aromatic rings. The molecule has 20 heavy (non-hydrogen) atoms. The van der Waals surface area contributed by atoms with Gasteiger partial charge in [0.05, 0.1) is 6.54 Å². The summed E-state index contributed by atoms with van der Waals surface area (Å²) < 4.78 is 0. The Hall–Kier alpha value is -1.22. The molecule has 0 aliphatic carbocycles. The fourth-order valence-electron chi connectivity index (χ4n) is 2.60. The monoisotopic (exact) mass is 294 g/mol. The molecule has 1 heterocycles. The number of benzene rings is 1. The topological polar surface area (TPSA) is 32.3 Å². The van der Waals surface area contributed by atoms with E-state index in [2.05, 4.69) is 5.32 Å². The number of amides is 1. The zero-order chi connectivity index (χ0) is 14.4. The van der Waals surface area contributed by atoms with E-state index in [1.807, 2.05) is 30.0 Å². The van der Waals surface area contributed by atoms with E-state index < -0.39 is 0 Å².